The Morgan fingerprint density at radius 1 is 1.19 bits per heavy atom. The normalized spacial score (nSPS) is 11.1. The summed E-state index contributed by atoms with van der Waals surface area (Å²) in [4.78, 5) is 9.56. The zero-order valence-electron chi connectivity index (χ0n) is 10.4. The van der Waals surface area contributed by atoms with Gasteiger partial charge >= 0.3 is 0 Å². The van der Waals surface area contributed by atoms with E-state index in [9.17, 15) is 18.5 Å². The predicted octanol–water partition coefficient (Wildman–Crippen LogP) is 2.80. The molecule has 2 aromatic rings. The van der Waals surface area contributed by atoms with E-state index in [1.807, 2.05) is 0 Å². The highest BCUT2D eigenvalue weighted by molar-refractivity contribution is 9.10. The lowest BCUT2D eigenvalue weighted by molar-refractivity contribution is -0.385. The minimum Gasteiger partial charge on any atom is -0.456 e. The minimum atomic E-state index is -4.16. The Morgan fingerprint density at radius 3 is 2.48 bits per heavy atom. The molecule has 0 unspecified atom stereocenters. The quantitative estimate of drug-likeness (QED) is 0.654. The maximum atomic E-state index is 11.6. The van der Waals surface area contributed by atoms with Crippen LogP contribution in [0.15, 0.2) is 51.8 Å². The van der Waals surface area contributed by atoms with E-state index >= 15 is 0 Å². The van der Waals surface area contributed by atoms with Crippen molar-refractivity contribution in [3.05, 3.63) is 57.1 Å². The molecule has 0 spiro atoms. The van der Waals surface area contributed by atoms with Crippen LogP contribution >= 0.6 is 15.9 Å². The van der Waals surface area contributed by atoms with E-state index in [2.05, 4.69) is 15.9 Å². The van der Waals surface area contributed by atoms with Crippen molar-refractivity contribution in [2.45, 2.75) is 4.90 Å². The van der Waals surface area contributed by atoms with Crippen molar-refractivity contribution in [3.63, 3.8) is 0 Å². The van der Waals surface area contributed by atoms with Crippen LogP contribution in [0.2, 0.25) is 0 Å². The van der Waals surface area contributed by atoms with Crippen molar-refractivity contribution in [1.29, 1.82) is 0 Å². The van der Waals surface area contributed by atoms with Gasteiger partial charge in [-0.1, -0.05) is 22.0 Å². The largest absolute Gasteiger partial charge is 0.456 e. The summed E-state index contributed by atoms with van der Waals surface area (Å²) in [7, 11) is -4.16. The number of ether oxygens (including phenoxy) is 1. The summed E-state index contributed by atoms with van der Waals surface area (Å²) in [5, 5.41) is 15.8. The second-order valence-electron chi connectivity index (χ2n) is 3.99. The first kappa shape index (κ1) is 15.4. The van der Waals surface area contributed by atoms with Crippen LogP contribution in [0.3, 0.4) is 0 Å². The van der Waals surface area contributed by atoms with E-state index in [4.69, 9.17) is 9.88 Å². The number of rotatable bonds is 4. The third-order valence-electron chi connectivity index (χ3n) is 2.47. The fourth-order valence-electron chi connectivity index (χ4n) is 1.57. The van der Waals surface area contributed by atoms with Crippen molar-refractivity contribution in [1.82, 2.24) is 0 Å². The molecule has 0 aromatic heterocycles. The number of nitro groups is 1. The number of sulfonamides is 1. The summed E-state index contributed by atoms with van der Waals surface area (Å²) in [6, 6.07) is 9.89. The molecule has 7 nitrogen and oxygen atoms in total. The highest BCUT2D eigenvalue weighted by atomic mass is 79.9. The number of nitro benzene ring substituents is 1. The summed E-state index contributed by atoms with van der Waals surface area (Å²) in [6.07, 6.45) is 0. The Kier molecular flexibility index (Phi) is 4.26. The molecule has 0 aliphatic carbocycles. The van der Waals surface area contributed by atoms with Crippen LogP contribution in [0.25, 0.3) is 0 Å². The average molecular weight is 373 g/mol. The maximum Gasteiger partial charge on any atom is 0.271 e. The Bertz CT molecular complexity index is 807. The van der Waals surface area contributed by atoms with E-state index in [1.165, 1.54) is 6.07 Å². The second-order valence-corrected chi connectivity index (χ2v) is 6.44. The molecule has 2 rings (SSSR count). The van der Waals surface area contributed by atoms with Gasteiger partial charge in [0.15, 0.2) is 0 Å². The van der Waals surface area contributed by atoms with E-state index in [0.29, 0.717) is 5.75 Å². The average Bonchev–Trinajstić information content (AvgIpc) is 2.37. The summed E-state index contributed by atoms with van der Waals surface area (Å²) in [6.45, 7) is 0. The van der Waals surface area contributed by atoms with E-state index in [1.54, 1.807) is 24.3 Å². The number of hydrogen-bond donors (Lipinski definition) is 1. The number of nitrogens with two attached hydrogens (primary N) is 1. The Hall–Kier alpha value is -1.97. The van der Waals surface area contributed by atoms with Crippen molar-refractivity contribution in [3.8, 4) is 11.5 Å². The highest BCUT2D eigenvalue weighted by Crippen LogP contribution is 2.32. The van der Waals surface area contributed by atoms with E-state index < -0.39 is 19.8 Å². The maximum absolute atomic E-state index is 11.6. The van der Waals surface area contributed by atoms with Crippen molar-refractivity contribution < 1.29 is 18.1 Å². The molecule has 0 amide bonds. The lowest BCUT2D eigenvalue weighted by Gasteiger charge is -2.10. The van der Waals surface area contributed by atoms with Crippen LogP contribution < -0.4 is 9.88 Å². The molecule has 0 aliphatic rings. The number of non-ortho nitro benzene ring substituents is 1. The summed E-state index contributed by atoms with van der Waals surface area (Å²) in [5.41, 5.74) is -0.388. The molecular formula is C12H9BrN2O5S. The number of primary sulfonamides is 1. The van der Waals surface area contributed by atoms with Gasteiger partial charge in [0, 0.05) is 16.6 Å². The van der Waals surface area contributed by atoms with E-state index in [-0.39, 0.29) is 11.4 Å². The topological polar surface area (TPSA) is 113 Å². The molecule has 110 valence electrons. The van der Waals surface area contributed by atoms with Gasteiger partial charge in [0.2, 0.25) is 10.0 Å². The molecule has 21 heavy (non-hydrogen) atoms. The van der Waals surface area contributed by atoms with Gasteiger partial charge in [-0.3, -0.25) is 10.1 Å². The molecule has 0 saturated carbocycles. The molecule has 0 saturated heterocycles. The summed E-state index contributed by atoms with van der Waals surface area (Å²) >= 11 is 3.25. The van der Waals surface area contributed by atoms with Gasteiger partial charge in [-0.15, -0.1) is 0 Å². The van der Waals surface area contributed by atoms with Gasteiger partial charge < -0.3 is 4.74 Å². The van der Waals surface area contributed by atoms with Gasteiger partial charge in [-0.25, -0.2) is 13.6 Å². The van der Waals surface area contributed by atoms with Crippen LogP contribution in [0.1, 0.15) is 0 Å². The molecule has 0 heterocycles. The second kappa shape index (κ2) is 5.80. The molecule has 0 atom stereocenters. The Balaban J connectivity index is 2.51. The number of benzene rings is 2. The van der Waals surface area contributed by atoms with Gasteiger partial charge in [0.25, 0.3) is 5.69 Å². The van der Waals surface area contributed by atoms with Gasteiger partial charge in [0.1, 0.15) is 16.4 Å². The van der Waals surface area contributed by atoms with Crippen LogP contribution in [-0.2, 0) is 10.0 Å². The molecule has 9 heteroatoms. The third kappa shape index (κ3) is 3.78. The molecule has 2 aromatic carbocycles. The first-order chi connectivity index (χ1) is 9.77. The predicted molar refractivity (Wildman–Crippen MR) is 78.7 cm³/mol. The molecule has 2 N–H and O–H groups in total. The molecule has 0 aliphatic heterocycles. The molecular weight excluding hydrogens is 364 g/mol. The van der Waals surface area contributed by atoms with E-state index in [0.717, 1.165) is 16.6 Å². The van der Waals surface area contributed by atoms with Crippen LogP contribution in [0, 0.1) is 10.1 Å². The van der Waals surface area contributed by atoms with Crippen LogP contribution in [0.5, 0.6) is 11.5 Å². The lowest BCUT2D eigenvalue weighted by atomic mass is 10.3. The fraction of sp³-hybridized carbons (Fsp3) is 0. The molecule has 0 radical (unpaired) electrons. The van der Waals surface area contributed by atoms with Crippen molar-refractivity contribution in [2.24, 2.45) is 5.14 Å². The molecule has 0 bridgehead atoms. The monoisotopic (exact) mass is 372 g/mol. The Morgan fingerprint density at radius 2 is 1.90 bits per heavy atom. The zero-order chi connectivity index (χ0) is 15.6. The zero-order valence-corrected chi connectivity index (χ0v) is 12.8. The lowest BCUT2D eigenvalue weighted by Crippen LogP contribution is -2.13. The van der Waals surface area contributed by atoms with Crippen LogP contribution in [0.4, 0.5) is 5.69 Å². The number of halogens is 1. The molecule has 0 fully saturated rings. The smallest absolute Gasteiger partial charge is 0.271 e. The Labute approximate surface area is 128 Å². The fourth-order valence-corrected chi connectivity index (χ4v) is 2.63. The SMILES string of the molecule is NS(=O)(=O)c1cc([N+](=O)[O-])ccc1Oc1cccc(Br)c1. The van der Waals surface area contributed by atoms with Crippen molar-refractivity contribution >= 4 is 31.6 Å². The van der Waals surface area contributed by atoms with Gasteiger partial charge in [-0.05, 0) is 24.3 Å². The van der Waals surface area contributed by atoms with Gasteiger partial charge in [-0.2, -0.15) is 0 Å². The number of hydrogen-bond acceptors (Lipinski definition) is 5. The standard InChI is InChI=1S/C12H9BrN2O5S/c13-8-2-1-3-10(6-8)20-11-5-4-9(15(16)17)7-12(11)21(14,18)19/h1-7H,(H2,14,18,19). The first-order valence-corrected chi connectivity index (χ1v) is 7.86. The first-order valence-electron chi connectivity index (χ1n) is 5.52. The van der Waals surface area contributed by atoms with Crippen molar-refractivity contribution in [2.75, 3.05) is 0 Å². The third-order valence-corrected chi connectivity index (χ3v) is 3.89. The summed E-state index contributed by atoms with van der Waals surface area (Å²) in [5.74, 6) is 0.282. The number of nitrogens with zero attached hydrogens (tertiary/aromatic N) is 1. The minimum absolute atomic E-state index is 0.0822. The highest BCUT2D eigenvalue weighted by Gasteiger charge is 2.20. The summed E-state index contributed by atoms with van der Waals surface area (Å²) < 4.78 is 29.3. The van der Waals surface area contributed by atoms with Gasteiger partial charge in [0.05, 0.1) is 4.92 Å². The van der Waals surface area contributed by atoms with Crippen LogP contribution in [-0.4, -0.2) is 13.3 Å².